The molecule has 22 heavy (non-hydrogen) atoms. The molecule has 3 rings (SSSR count). The summed E-state index contributed by atoms with van der Waals surface area (Å²) in [5.74, 6) is 0.344. The summed E-state index contributed by atoms with van der Waals surface area (Å²) in [6, 6.07) is 7.01. The van der Waals surface area contributed by atoms with Crippen molar-refractivity contribution in [3.8, 4) is 17.0 Å². The molecule has 5 nitrogen and oxygen atoms in total. The first kappa shape index (κ1) is 14.6. The van der Waals surface area contributed by atoms with Crippen molar-refractivity contribution < 1.29 is 13.9 Å². The maximum absolute atomic E-state index is 11.9. The fourth-order valence-electron chi connectivity index (χ4n) is 1.85. The predicted molar refractivity (Wildman–Crippen MR) is 85.8 cm³/mol. The Morgan fingerprint density at radius 3 is 2.95 bits per heavy atom. The lowest BCUT2D eigenvalue weighted by atomic mass is 10.2. The third kappa shape index (κ3) is 2.98. The highest BCUT2D eigenvalue weighted by atomic mass is 35.5. The number of methoxy groups -OCH3 is 1. The van der Waals surface area contributed by atoms with Crippen LogP contribution in [0.2, 0.25) is 5.02 Å². The van der Waals surface area contributed by atoms with Crippen LogP contribution in [-0.4, -0.2) is 18.0 Å². The van der Waals surface area contributed by atoms with E-state index in [1.165, 1.54) is 23.9 Å². The summed E-state index contributed by atoms with van der Waals surface area (Å²) in [6.45, 7) is 0. The highest BCUT2D eigenvalue weighted by molar-refractivity contribution is 7.14. The number of ether oxygens (including phenoxy) is 1. The summed E-state index contributed by atoms with van der Waals surface area (Å²) in [6.07, 6.45) is 2.83. The highest BCUT2D eigenvalue weighted by Gasteiger charge is 2.11. The number of hydrogen-bond donors (Lipinski definition) is 1. The first-order valence-corrected chi connectivity index (χ1v) is 7.56. The Morgan fingerprint density at radius 1 is 1.41 bits per heavy atom. The van der Waals surface area contributed by atoms with Gasteiger partial charge < -0.3 is 9.15 Å². The predicted octanol–water partition coefficient (Wildman–Crippen LogP) is 4.32. The lowest BCUT2D eigenvalue weighted by Gasteiger charge is -2.04. The number of carbonyl (C=O) groups excluding carboxylic acids is 1. The zero-order valence-corrected chi connectivity index (χ0v) is 13.1. The van der Waals surface area contributed by atoms with Gasteiger partial charge in [-0.05, 0) is 24.3 Å². The van der Waals surface area contributed by atoms with E-state index in [1.807, 2.05) is 11.4 Å². The fourth-order valence-corrected chi connectivity index (χ4v) is 2.82. The molecule has 0 unspecified atom stereocenters. The van der Waals surface area contributed by atoms with E-state index in [4.69, 9.17) is 20.8 Å². The molecule has 0 aliphatic heterocycles. The number of thiazole rings is 1. The van der Waals surface area contributed by atoms with Crippen LogP contribution in [0.5, 0.6) is 5.75 Å². The standard InChI is InChI=1S/C15H11ClN2O3S/c1-20-13-3-2-9(6-11(13)16)12-8-22-15(17-12)18-14(19)10-4-5-21-7-10/h2-8H,1H3,(H,17,18,19). The summed E-state index contributed by atoms with van der Waals surface area (Å²) >= 11 is 7.45. The molecule has 2 heterocycles. The van der Waals surface area contributed by atoms with Gasteiger partial charge in [0.25, 0.3) is 5.91 Å². The Balaban J connectivity index is 1.79. The van der Waals surface area contributed by atoms with Crippen LogP contribution in [-0.2, 0) is 0 Å². The Hall–Kier alpha value is -2.31. The third-order valence-electron chi connectivity index (χ3n) is 2.96. The van der Waals surface area contributed by atoms with Gasteiger partial charge in [0.1, 0.15) is 12.0 Å². The number of aromatic nitrogens is 1. The summed E-state index contributed by atoms with van der Waals surface area (Å²) < 4.78 is 10.00. The van der Waals surface area contributed by atoms with Gasteiger partial charge in [0.15, 0.2) is 5.13 Å². The quantitative estimate of drug-likeness (QED) is 0.771. The van der Waals surface area contributed by atoms with E-state index in [2.05, 4.69) is 10.3 Å². The van der Waals surface area contributed by atoms with E-state index in [-0.39, 0.29) is 5.91 Å². The number of halogens is 1. The molecule has 112 valence electrons. The van der Waals surface area contributed by atoms with Crippen LogP contribution in [0.25, 0.3) is 11.3 Å². The van der Waals surface area contributed by atoms with Crippen molar-refractivity contribution in [2.45, 2.75) is 0 Å². The molecule has 1 N–H and O–H groups in total. The van der Waals surface area contributed by atoms with Gasteiger partial charge in [-0.2, -0.15) is 0 Å². The SMILES string of the molecule is COc1ccc(-c2csc(NC(=O)c3ccoc3)n2)cc1Cl. The first-order valence-electron chi connectivity index (χ1n) is 6.30. The van der Waals surface area contributed by atoms with Gasteiger partial charge in [0, 0.05) is 10.9 Å². The zero-order valence-electron chi connectivity index (χ0n) is 11.5. The Morgan fingerprint density at radius 2 is 2.27 bits per heavy atom. The van der Waals surface area contributed by atoms with Crippen molar-refractivity contribution in [2.75, 3.05) is 12.4 Å². The van der Waals surface area contributed by atoms with Crippen LogP contribution in [0.3, 0.4) is 0 Å². The van der Waals surface area contributed by atoms with Crippen LogP contribution in [0, 0.1) is 0 Å². The van der Waals surface area contributed by atoms with Gasteiger partial charge in [-0.3, -0.25) is 10.1 Å². The second-order valence-corrected chi connectivity index (χ2v) is 5.62. The molecular formula is C15H11ClN2O3S. The van der Waals surface area contributed by atoms with E-state index in [9.17, 15) is 4.79 Å². The summed E-state index contributed by atoms with van der Waals surface area (Å²) in [5.41, 5.74) is 2.03. The first-order chi connectivity index (χ1) is 10.7. The molecule has 0 saturated carbocycles. The zero-order chi connectivity index (χ0) is 15.5. The Labute approximate surface area is 135 Å². The molecule has 0 radical (unpaired) electrons. The fraction of sp³-hybridized carbons (Fsp3) is 0.0667. The molecule has 3 aromatic rings. The van der Waals surface area contributed by atoms with Crippen molar-refractivity contribution in [1.29, 1.82) is 0 Å². The molecule has 0 bridgehead atoms. The molecule has 0 aliphatic rings. The molecule has 1 aromatic carbocycles. The minimum atomic E-state index is -0.262. The molecular weight excluding hydrogens is 324 g/mol. The van der Waals surface area contributed by atoms with Gasteiger partial charge in [-0.25, -0.2) is 4.98 Å². The maximum Gasteiger partial charge on any atom is 0.260 e. The number of rotatable bonds is 4. The lowest BCUT2D eigenvalue weighted by molar-refractivity contribution is 0.102. The average molecular weight is 335 g/mol. The molecule has 7 heteroatoms. The topological polar surface area (TPSA) is 64.4 Å². The van der Waals surface area contributed by atoms with E-state index in [0.717, 1.165) is 11.3 Å². The second-order valence-electron chi connectivity index (χ2n) is 4.35. The van der Waals surface area contributed by atoms with Crippen molar-refractivity contribution in [3.05, 3.63) is 52.8 Å². The minimum absolute atomic E-state index is 0.262. The minimum Gasteiger partial charge on any atom is -0.495 e. The van der Waals surface area contributed by atoms with Crippen LogP contribution < -0.4 is 10.1 Å². The van der Waals surface area contributed by atoms with E-state index in [0.29, 0.717) is 21.5 Å². The highest BCUT2D eigenvalue weighted by Crippen LogP contribution is 2.31. The molecule has 2 aromatic heterocycles. The van der Waals surface area contributed by atoms with Crippen molar-refractivity contribution in [2.24, 2.45) is 0 Å². The maximum atomic E-state index is 11.9. The molecule has 0 fully saturated rings. The van der Waals surface area contributed by atoms with Crippen LogP contribution in [0.4, 0.5) is 5.13 Å². The molecule has 0 spiro atoms. The molecule has 0 saturated heterocycles. The molecule has 0 aliphatic carbocycles. The van der Waals surface area contributed by atoms with E-state index in [1.54, 1.807) is 25.3 Å². The van der Waals surface area contributed by atoms with Crippen molar-refractivity contribution in [3.63, 3.8) is 0 Å². The number of furan rings is 1. The van der Waals surface area contributed by atoms with Gasteiger partial charge in [-0.1, -0.05) is 11.6 Å². The normalized spacial score (nSPS) is 10.5. The van der Waals surface area contributed by atoms with E-state index >= 15 is 0 Å². The van der Waals surface area contributed by atoms with Crippen molar-refractivity contribution in [1.82, 2.24) is 4.98 Å². The average Bonchev–Trinajstić information content (AvgIpc) is 3.18. The number of carbonyl (C=O) groups is 1. The second kappa shape index (κ2) is 6.21. The molecule has 0 atom stereocenters. The van der Waals surface area contributed by atoms with Gasteiger partial charge >= 0.3 is 0 Å². The monoisotopic (exact) mass is 334 g/mol. The Bertz CT molecular complexity index is 799. The third-order valence-corrected chi connectivity index (χ3v) is 4.01. The number of nitrogens with zero attached hydrogens (tertiary/aromatic N) is 1. The van der Waals surface area contributed by atoms with Gasteiger partial charge in [0.2, 0.25) is 0 Å². The number of benzene rings is 1. The largest absolute Gasteiger partial charge is 0.495 e. The van der Waals surface area contributed by atoms with Crippen molar-refractivity contribution >= 4 is 34.0 Å². The Kier molecular flexibility index (Phi) is 4.13. The van der Waals surface area contributed by atoms with Gasteiger partial charge in [-0.15, -0.1) is 11.3 Å². The molecule has 1 amide bonds. The summed E-state index contributed by atoms with van der Waals surface area (Å²) in [4.78, 5) is 16.3. The van der Waals surface area contributed by atoms with Crippen LogP contribution in [0.15, 0.2) is 46.6 Å². The number of anilines is 1. The van der Waals surface area contributed by atoms with Gasteiger partial charge in [0.05, 0.1) is 29.7 Å². The smallest absolute Gasteiger partial charge is 0.260 e. The van der Waals surface area contributed by atoms with Crippen LogP contribution >= 0.6 is 22.9 Å². The summed E-state index contributed by atoms with van der Waals surface area (Å²) in [7, 11) is 1.56. The lowest BCUT2D eigenvalue weighted by Crippen LogP contribution is -2.10. The van der Waals surface area contributed by atoms with Crippen LogP contribution in [0.1, 0.15) is 10.4 Å². The summed E-state index contributed by atoms with van der Waals surface area (Å²) in [5, 5.41) is 5.59. The number of hydrogen-bond acceptors (Lipinski definition) is 5. The van der Waals surface area contributed by atoms with E-state index < -0.39 is 0 Å². The number of amides is 1. The number of nitrogens with one attached hydrogen (secondary N) is 1.